The van der Waals surface area contributed by atoms with Crippen molar-refractivity contribution in [2.45, 2.75) is 13.3 Å². The largest absolute Gasteiger partial charge is 0.477 e. The summed E-state index contributed by atoms with van der Waals surface area (Å²) in [5, 5.41) is 0. The minimum atomic E-state index is 0.524. The number of nitrogens with two attached hydrogens (primary N) is 1. The maximum absolute atomic E-state index is 6.18. The van der Waals surface area contributed by atoms with Crippen molar-refractivity contribution in [3.63, 3.8) is 0 Å². The van der Waals surface area contributed by atoms with Crippen LogP contribution in [0, 0.1) is 0 Å². The molecular formula is C21H21N4O+. The number of nitrogens with zero attached hydrogens (tertiary/aromatic N) is 1. The molecule has 0 aliphatic heterocycles. The highest BCUT2D eigenvalue weighted by Crippen LogP contribution is 2.33. The molecule has 5 nitrogen and oxygen atoms in total. The quantitative estimate of drug-likeness (QED) is 0.572. The molecule has 2 aromatic carbocycles. The van der Waals surface area contributed by atoms with Gasteiger partial charge in [-0.05, 0) is 18.6 Å². The Kier molecular flexibility index (Phi) is 4.27. The lowest BCUT2D eigenvalue weighted by Gasteiger charge is -2.05. The Labute approximate surface area is 151 Å². The third-order valence-corrected chi connectivity index (χ3v) is 4.24. The van der Waals surface area contributed by atoms with Crippen molar-refractivity contribution in [3.8, 4) is 28.4 Å². The molecule has 2 heterocycles. The van der Waals surface area contributed by atoms with E-state index in [9.17, 15) is 0 Å². The highest BCUT2D eigenvalue weighted by Gasteiger charge is 2.24. The molecule has 0 amide bonds. The monoisotopic (exact) mass is 345 g/mol. The molecule has 0 saturated carbocycles. The van der Waals surface area contributed by atoms with Gasteiger partial charge in [0.05, 0.1) is 6.61 Å². The van der Waals surface area contributed by atoms with Crippen molar-refractivity contribution < 1.29 is 9.72 Å². The van der Waals surface area contributed by atoms with Gasteiger partial charge in [0.2, 0.25) is 11.6 Å². The summed E-state index contributed by atoms with van der Waals surface area (Å²) in [6.45, 7) is 2.68. The fourth-order valence-electron chi connectivity index (χ4n) is 3.00. The van der Waals surface area contributed by atoms with E-state index in [1.54, 1.807) is 0 Å². The number of aromatic amines is 2. The van der Waals surface area contributed by atoms with E-state index in [4.69, 9.17) is 15.5 Å². The second kappa shape index (κ2) is 6.88. The van der Waals surface area contributed by atoms with E-state index in [1.165, 1.54) is 0 Å². The summed E-state index contributed by atoms with van der Waals surface area (Å²) in [4.78, 5) is 11.5. The lowest BCUT2D eigenvalue weighted by molar-refractivity contribution is -0.330. The van der Waals surface area contributed by atoms with Crippen LogP contribution < -0.4 is 15.5 Å². The number of ether oxygens (including phenoxy) is 1. The summed E-state index contributed by atoms with van der Waals surface area (Å²) in [5.41, 5.74) is 11.5. The molecule has 26 heavy (non-hydrogen) atoms. The van der Waals surface area contributed by atoms with E-state index in [2.05, 4.69) is 41.2 Å². The fourth-order valence-corrected chi connectivity index (χ4v) is 3.00. The van der Waals surface area contributed by atoms with Gasteiger partial charge in [-0.3, -0.25) is 0 Å². The SMILES string of the molecule is CCCOc1[nH]c(N)c2[nH+]c(-c3ccccc3)c(-c3ccccc3)nc12. The Morgan fingerprint density at radius 3 is 2.31 bits per heavy atom. The van der Waals surface area contributed by atoms with Gasteiger partial charge in [-0.1, -0.05) is 55.5 Å². The van der Waals surface area contributed by atoms with Gasteiger partial charge in [-0.15, -0.1) is 0 Å². The number of fused-ring (bicyclic) bond motifs is 1. The van der Waals surface area contributed by atoms with Crippen LogP contribution in [-0.2, 0) is 0 Å². The summed E-state index contributed by atoms with van der Waals surface area (Å²) in [6.07, 6.45) is 0.914. The van der Waals surface area contributed by atoms with Gasteiger partial charge in [0.15, 0.2) is 11.3 Å². The number of rotatable bonds is 5. The topological polar surface area (TPSA) is 78.1 Å². The zero-order valence-electron chi connectivity index (χ0n) is 14.6. The normalized spacial score (nSPS) is 11.0. The van der Waals surface area contributed by atoms with Crippen LogP contribution in [0.1, 0.15) is 13.3 Å². The summed E-state index contributed by atoms with van der Waals surface area (Å²) in [7, 11) is 0. The lowest BCUT2D eigenvalue weighted by atomic mass is 10.0. The van der Waals surface area contributed by atoms with E-state index in [0.29, 0.717) is 18.3 Å². The van der Waals surface area contributed by atoms with Crippen molar-refractivity contribution in [1.82, 2.24) is 9.97 Å². The Morgan fingerprint density at radius 1 is 1.00 bits per heavy atom. The molecule has 0 saturated heterocycles. The van der Waals surface area contributed by atoms with Gasteiger partial charge in [0, 0.05) is 11.1 Å². The van der Waals surface area contributed by atoms with Crippen molar-refractivity contribution in [1.29, 1.82) is 0 Å². The first-order valence-corrected chi connectivity index (χ1v) is 8.76. The van der Waals surface area contributed by atoms with Gasteiger partial charge < -0.3 is 15.5 Å². The highest BCUT2D eigenvalue weighted by molar-refractivity contribution is 5.91. The first-order chi connectivity index (χ1) is 12.8. The molecule has 0 aliphatic rings. The second-order valence-electron chi connectivity index (χ2n) is 6.13. The molecule has 2 aromatic heterocycles. The number of anilines is 1. The average Bonchev–Trinajstić information content (AvgIpc) is 3.01. The third kappa shape index (κ3) is 2.88. The minimum absolute atomic E-state index is 0.524. The number of hydrogen-bond donors (Lipinski definition) is 2. The van der Waals surface area contributed by atoms with Gasteiger partial charge in [0.25, 0.3) is 5.52 Å². The molecule has 0 unspecified atom stereocenters. The van der Waals surface area contributed by atoms with Gasteiger partial charge in [0.1, 0.15) is 5.69 Å². The van der Waals surface area contributed by atoms with Crippen LogP contribution in [0.4, 0.5) is 5.82 Å². The van der Waals surface area contributed by atoms with Crippen LogP contribution >= 0.6 is 0 Å². The van der Waals surface area contributed by atoms with E-state index in [-0.39, 0.29) is 0 Å². The van der Waals surface area contributed by atoms with E-state index < -0.39 is 0 Å². The number of nitrogens with one attached hydrogen (secondary N) is 2. The van der Waals surface area contributed by atoms with Crippen LogP contribution in [0.25, 0.3) is 33.5 Å². The molecule has 4 N–H and O–H groups in total. The average molecular weight is 345 g/mol. The zero-order chi connectivity index (χ0) is 17.9. The molecular weight excluding hydrogens is 324 g/mol. The van der Waals surface area contributed by atoms with E-state index in [0.717, 1.165) is 40.0 Å². The maximum atomic E-state index is 6.18. The Bertz CT molecular complexity index is 1030. The Morgan fingerprint density at radius 2 is 1.65 bits per heavy atom. The Hall–Kier alpha value is -3.34. The number of benzene rings is 2. The van der Waals surface area contributed by atoms with Crippen LogP contribution in [-0.4, -0.2) is 16.6 Å². The van der Waals surface area contributed by atoms with E-state index in [1.807, 2.05) is 36.4 Å². The number of aromatic nitrogens is 3. The molecule has 5 heteroatoms. The molecule has 0 aliphatic carbocycles. The predicted molar refractivity (Wildman–Crippen MR) is 104 cm³/mol. The van der Waals surface area contributed by atoms with Crippen LogP contribution in [0.5, 0.6) is 5.88 Å². The number of nitrogen functional groups attached to an aromatic ring is 1. The third-order valence-electron chi connectivity index (χ3n) is 4.24. The fraction of sp³-hybridized carbons (Fsp3) is 0.143. The summed E-state index contributed by atoms with van der Waals surface area (Å²) < 4.78 is 5.81. The maximum Gasteiger partial charge on any atom is 0.276 e. The van der Waals surface area contributed by atoms with Gasteiger partial charge in [-0.25, -0.2) is 4.98 Å². The molecule has 130 valence electrons. The molecule has 0 spiro atoms. The first kappa shape index (κ1) is 16.1. The highest BCUT2D eigenvalue weighted by atomic mass is 16.5. The molecule has 4 rings (SSSR count). The van der Waals surface area contributed by atoms with Crippen LogP contribution in [0.15, 0.2) is 60.7 Å². The molecule has 0 atom stereocenters. The first-order valence-electron chi connectivity index (χ1n) is 8.76. The van der Waals surface area contributed by atoms with Crippen LogP contribution in [0.2, 0.25) is 0 Å². The molecule has 4 aromatic rings. The summed E-state index contributed by atoms with van der Waals surface area (Å²) >= 11 is 0. The summed E-state index contributed by atoms with van der Waals surface area (Å²) in [5.74, 6) is 1.13. The van der Waals surface area contributed by atoms with Crippen molar-refractivity contribution in [3.05, 3.63) is 60.7 Å². The van der Waals surface area contributed by atoms with Crippen LogP contribution in [0.3, 0.4) is 0 Å². The smallest absolute Gasteiger partial charge is 0.276 e. The molecule has 0 fully saturated rings. The predicted octanol–water partition coefficient (Wildman–Crippen LogP) is 4.08. The lowest BCUT2D eigenvalue weighted by Crippen LogP contribution is -2.12. The van der Waals surface area contributed by atoms with E-state index >= 15 is 0 Å². The number of hydrogen-bond acceptors (Lipinski definition) is 3. The molecule has 0 bridgehead atoms. The van der Waals surface area contributed by atoms with Gasteiger partial charge in [-0.2, -0.15) is 4.98 Å². The van der Waals surface area contributed by atoms with Crippen molar-refractivity contribution >= 4 is 16.9 Å². The number of H-pyrrole nitrogens is 2. The Balaban J connectivity index is 1.98. The molecule has 0 radical (unpaired) electrons. The van der Waals surface area contributed by atoms with Gasteiger partial charge >= 0.3 is 0 Å². The second-order valence-corrected chi connectivity index (χ2v) is 6.13. The van der Waals surface area contributed by atoms with Crippen molar-refractivity contribution in [2.75, 3.05) is 12.3 Å². The zero-order valence-corrected chi connectivity index (χ0v) is 14.6. The standard InChI is InChI=1S/C21H20N4O/c1-2-13-26-21-19-18(20(22)25-21)23-16(14-9-5-3-6-10-14)17(24-19)15-11-7-4-8-12-15/h3-12,25H,2,13,22H2,1H3/p+1. The van der Waals surface area contributed by atoms with Crippen molar-refractivity contribution in [2.24, 2.45) is 0 Å². The summed E-state index contributed by atoms with van der Waals surface area (Å²) in [6, 6.07) is 20.3. The minimum Gasteiger partial charge on any atom is -0.477 e.